The monoisotopic (exact) mass is 389 g/mol. The highest BCUT2D eigenvalue weighted by molar-refractivity contribution is 7.89. The van der Waals surface area contributed by atoms with Crippen molar-refractivity contribution in [2.24, 2.45) is 0 Å². The van der Waals surface area contributed by atoms with Gasteiger partial charge in [0.05, 0.1) is 10.9 Å². The van der Waals surface area contributed by atoms with E-state index in [1.807, 2.05) is 30.3 Å². The van der Waals surface area contributed by atoms with Crippen LogP contribution in [0.15, 0.2) is 34.7 Å². The molecule has 1 amide bonds. The number of aryl methyl sites for hydroxylation is 1. The van der Waals surface area contributed by atoms with E-state index in [2.05, 4.69) is 4.98 Å². The normalized spacial score (nSPS) is 21.1. The zero-order chi connectivity index (χ0) is 19.0. The number of amides is 1. The fraction of sp³-hybridized carbons (Fsp3) is 0.474. The molecule has 8 heteroatoms. The van der Waals surface area contributed by atoms with Crippen LogP contribution in [0.25, 0.3) is 11.5 Å². The fourth-order valence-electron chi connectivity index (χ4n) is 3.75. The van der Waals surface area contributed by atoms with E-state index in [9.17, 15) is 13.2 Å². The lowest BCUT2D eigenvalue weighted by molar-refractivity contribution is 0.0761. The minimum Gasteiger partial charge on any atom is -0.431 e. The number of hydrogen-bond acceptors (Lipinski definition) is 5. The lowest BCUT2D eigenvalue weighted by atomic mass is 10.2. The van der Waals surface area contributed by atoms with Crippen LogP contribution in [0.2, 0.25) is 0 Å². The summed E-state index contributed by atoms with van der Waals surface area (Å²) in [5.41, 5.74) is 1.32. The Morgan fingerprint density at radius 1 is 1.15 bits per heavy atom. The van der Waals surface area contributed by atoms with Crippen LogP contribution < -0.4 is 0 Å². The van der Waals surface area contributed by atoms with E-state index in [4.69, 9.17) is 4.42 Å². The van der Waals surface area contributed by atoms with Gasteiger partial charge in [-0.1, -0.05) is 18.2 Å². The topological polar surface area (TPSA) is 83.7 Å². The van der Waals surface area contributed by atoms with E-state index in [1.165, 1.54) is 0 Å². The van der Waals surface area contributed by atoms with Crippen LogP contribution in [0.4, 0.5) is 0 Å². The Labute approximate surface area is 159 Å². The second-order valence-corrected chi connectivity index (χ2v) is 9.33. The molecule has 2 fully saturated rings. The van der Waals surface area contributed by atoms with Crippen LogP contribution in [0.5, 0.6) is 0 Å². The molecule has 0 saturated carbocycles. The number of nitrogens with zero attached hydrogens (tertiary/aromatic N) is 3. The summed E-state index contributed by atoms with van der Waals surface area (Å²) in [7, 11) is -3.34. The average molecular weight is 389 g/mol. The van der Waals surface area contributed by atoms with Crippen molar-refractivity contribution in [2.45, 2.75) is 31.4 Å². The molecule has 0 N–H and O–H groups in total. The van der Waals surface area contributed by atoms with Gasteiger partial charge in [-0.05, 0) is 38.3 Å². The predicted octanol–water partition coefficient (Wildman–Crippen LogP) is 2.29. The van der Waals surface area contributed by atoms with E-state index >= 15 is 0 Å². The molecule has 2 aromatic rings. The van der Waals surface area contributed by atoms with Gasteiger partial charge in [0, 0.05) is 31.7 Å². The number of likely N-dealkylation sites (tertiary alicyclic amines) is 1. The molecule has 1 aromatic carbocycles. The van der Waals surface area contributed by atoms with Crippen LogP contribution >= 0.6 is 0 Å². The van der Waals surface area contributed by atoms with Gasteiger partial charge in [-0.3, -0.25) is 4.79 Å². The largest absolute Gasteiger partial charge is 0.431 e. The van der Waals surface area contributed by atoms with Crippen molar-refractivity contribution in [2.75, 3.05) is 26.2 Å². The van der Waals surface area contributed by atoms with Gasteiger partial charge in [0.25, 0.3) is 5.91 Å². The van der Waals surface area contributed by atoms with Gasteiger partial charge < -0.3 is 9.32 Å². The minimum atomic E-state index is -3.34. The first-order chi connectivity index (χ1) is 13.0. The Morgan fingerprint density at radius 3 is 2.56 bits per heavy atom. The molecule has 144 valence electrons. The quantitative estimate of drug-likeness (QED) is 0.801. The summed E-state index contributed by atoms with van der Waals surface area (Å²) in [5, 5.41) is -0.531. The summed E-state index contributed by atoms with van der Waals surface area (Å²) in [5.74, 6) is 0.297. The smallest absolute Gasteiger partial charge is 0.291 e. The second-order valence-electron chi connectivity index (χ2n) is 7.11. The Bertz CT molecular complexity index is 933. The fourth-order valence-corrected chi connectivity index (χ4v) is 5.71. The first-order valence-electron chi connectivity index (χ1n) is 9.28. The van der Waals surface area contributed by atoms with Gasteiger partial charge in [-0.15, -0.1) is 0 Å². The number of oxazole rings is 1. The molecule has 27 heavy (non-hydrogen) atoms. The molecule has 2 saturated heterocycles. The zero-order valence-corrected chi connectivity index (χ0v) is 16.1. The Hall–Kier alpha value is -2.19. The molecule has 0 radical (unpaired) electrons. The first-order valence-corrected chi connectivity index (χ1v) is 10.8. The lowest BCUT2D eigenvalue weighted by Crippen LogP contribution is -2.39. The summed E-state index contributed by atoms with van der Waals surface area (Å²) in [6.07, 6.45) is 2.28. The Balaban J connectivity index is 1.50. The minimum absolute atomic E-state index is 0.188. The molecule has 4 rings (SSSR count). The van der Waals surface area contributed by atoms with E-state index < -0.39 is 15.3 Å². The van der Waals surface area contributed by atoms with Crippen LogP contribution in [-0.4, -0.2) is 59.9 Å². The van der Waals surface area contributed by atoms with Crippen molar-refractivity contribution in [3.63, 3.8) is 0 Å². The molecule has 0 spiro atoms. The van der Waals surface area contributed by atoms with Crippen molar-refractivity contribution in [1.29, 1.82) is 0 Å². The second kappa shape index (κ2) is 7.09. The summed E-state index contributed by atoms with van der Waals surface area (Å²) in [6.45, 7) is 3.54. The van der Waals surface area contributed by atoms with Crippen LogP contribution in [0, 0.1) is 6.92 Å². The van der Waals surface area contributed by atoms with E-state index in [0.29, 0.717) is 37.6 Å². The van der Waals surface area contributed by atoms with E-state index in [-0.39, 0.29) is 18.2 Å². The van der Waals surface area contributed by atoms with Gasteiger partial charge in [0.2, 0.25) is 21.7 Å². The number of rotatable bonds is 4. The molecule has 1 unspecified atom stereocenters. The van der Waals surface area contributed by atoms with Crippen LogP contribution in [0.3, 0.4) is 0 Å². The standard InChI is InChI=1S/C19H23N3O4S/c1-14-17(26-18(20-14)15-7-3-2-4-8-15)19(23)21-12-9-16(13-21)27(24,25)22-10-5-6-11-22/h2-4,7-8,16H,5-6,9-13H2,1H3. The van der Waals surface area contributed by atoms with E-state index in [1.54, 1.807) is 16.1 Å². The Morgan fingerprint density at radius 2 is 1.85 bits per heavy atom. The predicted molar refractivity (Wildman–Crippen MR) is 101 cm³/mol. The third-order valence-corrected chi connectivity index (χ3v) is 7.60. The molecule has 0 aliphatic carbocycles. The van der Waals surface area contributed by atoms with Gasteiger partial charge in [0.15, 0.2) is 0 Å². The van der Waals surface area contributed by atoms with Crippen LogP contribution in [0.1, 0.15) is 35.5 Å². The van der Waals surface area contributed by atoms with Crippen molar-refractivity contribution >= 4 is 15.9 Å². The molecule has 7 nitrogen and oxygen atoms in total. The van der Waals surface area contributed by atoms with Crippen molar-refractivity contribution in [3.8, 4) is 11.5 Å². The van der Waals surface area contributed by atoms with Crippen LogP contribution in [-0.2, 0) is 10.0 Å². The summed E-state index contributed by atoms with van der Waals surface area (Å²) < 4.78 is 32.8. The van der Waals surface area contributed by atoms with Gasteiger partial charge >= 0.3 is 0 Å². The Kier molecular flexibility index (Phi) is 4.77. The summed E-state index contributed by atoms with van der Waals surface area (Å²) >= 11 is 0. The number of sulfonamides is 1. The highest BCUT2D eigenvalue weighted by atomic mass is 32.2. The number of hydrogen-bond donors (Lipinski definition) is 0. The van der Waals surface area contributed by atoms with Gasteiger partial charge in [-0.2, -0.15) is 0 Å². The SMILES string of the molecule is Cc1nc(-c2ccccc2)oc1C(=O)N1CCC(S(=O)(=O)N2CCCC2)C1. The number of aromatic nitrogens is 1. The molecule has 2 aliphatic rings. The maximum Gasteiger partial charge on any atom is 0.291 e. The molecule has 0 bridgehead atoms. The molecule has 1 atom stereocenters. The van der Waals surface area contributed by atoms with Gasteiger partial charge in [0.1, 0.15) is 0 Å². The number of carbonyl (C=O) groups excluding carboxylic acids is 1. The molecule has 3 heterocycles. The average Bonchev–Trinajstić information content (AvgIpc) is 3.42. The number of benzene rings is 1. The molecule has 1 aromatic heterocycles. The summed E-state index contributed by atoms with van der Waals surface area (Å²) in [6, 6.07) is 9.40. The maximum absolute atomic E-state index is 12.9. The first kappa shape index (κ1) is 18.2. The molecule has 2 aliphatic heterocycles. The van der Waals surface area contributed by atoms with E-state index in [0.717, 1.165) is 18.4 Å². The van der Waals surface area contributed by atoms with Gasteiger partial charge in [-0.25, -0.2) is 17.7 Å². The number of carbonyl (C=O) groups is 1. The molecular formula is C19H23N3O4S. The third kappa shape index (κ3) is 3.39. The summed E-state index contributed by atoms with van der Waals surface area (Å²) in [4.78, 5) is 18.8. The lowest BCUT2D eigenvalue weighted by Gasteiger charge is -2.21. The van der Waals surface area contributed by atoms with Crippen molar-refractivity contribution < 1.29 is 17.6 Å². The van der Waals surface area contributed by atoms with Crippen molar-refractivity contribution in [3.05, 3.63) is 41.8 Å². The zero-order valence-electron chi connectivity index (χ0n) is 15.3. The highest BCUT2D eigenvalue weighted by Crippen LogP contribution is 2.27. The third-order valence-electron chi connectivity index (χ3n) is 5.29. The maximum atomic E-state index is 12.9. The molecular weight excluding hydrogens is 366 g/mol. The highest BCUT2D eigenvalue weighted by Gasteiger charge is 2.40. The van der Waals surface area contributed by atoms with Crippen molar-refractivity contribution in [1.82, 2.24) is 14.2 Å².